The molecule has 1 aliphatic heterocycles. The monoisotopic (exact) mass is 523 g/mol. The van der Waals surface area contributed by atoms with E-state index in [0.29, 0.717) is 37.7 Å². The third-order valence-corrected chi connectivity index (χ3v) is 6.32. The lowest BCUT2D eigenvalue weighted by atomic mass is 10.1. The maximum atomic E-state index is 12.7. The molecular formula is C30H41N3O5. The molecule has 0 spiro atoms. The van der Waals surface area contributed by atoms with Crippen molar-refractivity contribution in [1.29, 1.82) is 0 Å². The Bertz CT molecular complexity index is 1100. The number of anilines is 1. The number of hydrogen-bond acceptors (Lipinski definition) is 6. The first-order chi connectivity index (χ1) is 18.1. The van der Waals surface area contributed by atoms with Gasteiger partial charge in [-0.05, 0) is 95.5 Å². The lowest BCUT2D eigenvalue weighted by molar-refractivity contribution is -0.125. The number of ether oxygens (including phenoxy) is 3. The van der Waals surface area contributed by atoms with Crippen LogP contribution in [0.1, 0.15) is 53.0 Å². The zero-order chi connectivity index (χ0) is 27.7. The molecule has 0 unspecified atom stereocenters. The maximum absolute atomic E-state index is 12.7. The SMILES string of the molecule is CCN(CC)C(=O)/C=C/c1ccc(NC[C@@H]2CCCN2C(=O)OC(C)(C)C)c(Oc2ccc(OC)cc2)c1. The van der Waals surface area contributed by atoms with Crippen LogP contribution in [0.25, 0.3) is 6.08 Å². The van der Waals surface area contributed by atoms with Crippen LogP contribution in [0.4, 0.5) is 10.5 Å². The van der Waals surface area contributed by atoms with Gasteiger partial charge in [-0.2, -0.15) is 0 Å². The van der Waals surface area contributed by atoms with Gasteiger partial charge in [-0.15, -0.1) is 0 Å². The standard InChI is InChI=1S/C30H41N3O5/c1-7-32(8-2)28(34)18-12-22-11-17-26(27(20-22)37-25-15-13-24(36-6)14-16-25)31-21-23-10-9-19-33(23)29(35)38-30(3,4)5/h11-18,20,23,31H,7-10,19,21H2,1-6H3/b18-12+/t23-/m0/s1. The van der Waals surface area contributed by atoms with E-state index in [1.807, 2.05) is 77.1 Å². The molecule has 206 valence electrons. The number of rotatable bonds is 10. The molecule has 8 heteroatoms. The zero-order valence-electron chi connectivity index (χ0n) is 23.5. The Morgan fingerprint density at radius 2 is 1.76 bits per heavy atom. The van der Waals surface area contributed by atoms with Gasteiger partial charge in [-0.1, -0.05) is 6.07 Å². The van der Waals surface area contributed by atoms with E-state index in [0.717, 1.165) is 29.8 Å². The Labute approximate surface area is 226 Å². The van der Waals surface area contributed by atoms with Crippen LogP contribution in [0.5, 0.6) is 17.2 Å². The van der Waals surface area contributed by atoms with E-state index in [2.05, 4.69) is 5.32 Å². The molecule has 1 fully saturated rings. The third kappa shape index (κ3) is 8.16. The van der Waals surface area contributed by atoms with Gasteiger partial charge in [0.1, 0.15) is 17.1 Å². The minimum atomic E-state index is -0.535. The lowest BCUT2D eigenvalue weighted by Gasteiger charge is -2.29. The third-order valence-electron chi connectivity index (χ3n) is 6.32. The molecule has 1 N–H and O–H groups in total. The minimum absolute atomic E-state index is 0.0185. The Hall–Kier alpha value is -3.68. The molecule has 38 heavy (non-hydrogen) atoms. The number of nitrogens with zero attached hydrogens (tertiary/aromatic N) is 2. The summed E-state index contributed by atoms with van der Waals surface area (Å²) in [5.74, 6) is 1.99. The van der Waals surface area contributed by atoms with Crippen molar-refractivity contribution in [3.8, 4) is 17.2 Å². The topological polar surface area (TPSA) is 80.3 Å². The lowest BCUT2D eigenvalue weighted by Crippen LogP contribution is -2.42. The Morgan fingerprint density at radius 1 is 1.08 bits per heavy atom. The molecular weight excluding hydrogens is 482 g/mol. The molecule has 1 saturated heterocycles. The van der Waals surface area contributed by atoms with Crippen molar-refractivity contribution in [2.24, 2.45) is 0 Å². The number of benzene rings is 2. The van der Waals surface area contributed by atoms with E-state index in [9.17, 15) is 9.59 Å². The summed E-state index contributed by atoms with van der Waals surface area (Å²) in [6, 6.07) is 13.2. The van der Waals surface area contributed by atoms with Gasteiger partial charge in [-0.25, -0.2) is 4.79 Å². The van der Waals surface area contributed by atoms with Gasteiger partial charge in [0.25, 0.3) is 0 Å². The molecule has 1 atom stereocenters. The van der Waals surface area contributed by atoms with Crippen LogP contribution in [0.2, 0.25) is 0 Å². The predicted octanol–water partition coefficient (Wildman–Crippen LogP) is 6.18. The highest BCUT2D eigenvalue weighted by molar-refractivity contribution is 5.92. The van der Waals surface area contributed by atoms with Crippen molar-refractivity contribution < 1.29 is 23.8 Å². The number of methoxy groups -OCH3 is 1. The van der Waals surface area contributed by atoms with Gasteiger partial charge in [0.05, 0.1) is 18.8 Å². The number of carbonyl (C=O) groups is 2. The second kappa shape index (κ2) is 13.2. The van der Waals surface area contributed by atoms with Gasteiger partial charge < -0.3 is 29.3 Å². The van der Waals surface area contributed by atoms with E-state index >= 15 is 0 Å². The predicted molar refractivity (Wildman–Crippen MR) is 151 cm³/mol. The van der Waals surface area contributed by atoms with Crippen molar-refractivity contribution in [1.82, 2.24) is 9.80 Å². The first-order valence-electron chi connectivity index (χ1n) is 13.3. The Balaban J connectivity index is 1.79. The number of carbonyl (C=O) groups excluding carboxylic acids is 2. The summed E-state index contributed by atoms with van der Waals surface area (Å²) < 4.78 is 17.1. The molecule has 0 radical (unpaired) electrons. The van der Waals surface area contributed by atoms with Crippen molar-refractivity contribution in [2.75, 3.05) is 38.6 Å². The fourth-order valence-corrected chi connectivity index (χ4v) is 4.29. The maximum Gasteiger partial charge on any atom is 0.410 e. The summed E-state index contributed by atoms with van der Waals surface area (Å²) >= 11 is 0. The number of likely N-dealkylation sites (N-methyl/N-ethyl adjacent to an activating group) is 1. The van der Waals surface area contributed by atoms with Gasteiger partial charge in [0.2, 0.25) is 5.91 Å². The fraction of sp³-hybridized carbons (Fsp3) is 0.467. The van der Waals surface area contributed by atoms with Crippen LogP contribution < -0.4 is 14.8 Å². The normalized spacial score (nSPS) is 15.4. The molecule has 3 rings (SSSR count). The van der Waals surface area contributed by atoms with Crippen molar-refractivity contribution in [3.05, 3.63) is 54.1 Å². The quantitative estimate of drug-likeness (QED) is 0.375. The summed E-state index contributed by atoms with van der Waals surface area (Å²) in [6.07, 6.45) is 4.94. The van der Waals surface area contributed by atoms with Crippen LogP contribution in [0.3, 0.4) is 0 Å². The molecule has 0 bridgehead atoms. The van der Waals surface area contributed by atoms with Crippen molar-refractivity contribution in [3.63, 3.8) is 0 Å². The van der Waals surface area contributed by atoms with Gasteiger partial charge >= 0.3 is 6.09 Å². The summed E-state index contributed by atoms with van der Waals surface area (Å²) in [7, 11) is 1.62. The highest BCUT2D eigenvalue weighted by atomic mass is 16.6. The number of likely N-dealkylation sites (tertiary alicyclic amines) is 1. The van der Waals surface area contributed by atoms with Crippen LogP contribution in [0, 0.1) is 0 Å². The molecule has 0 aromatic heterocycles. The largest absolute Gasteiger partial charge is 0.497 e. The molecule has 1 aliphatic rings. The summed E-state index contributed by atoms with van der Waals surface area (Å²) in [5, 5.41) is 3.48. The van der Waals surface area contributed by atoms with Gasteiger partial charge in [-0.3, -0.25) is 4.79 Å². The van der Waals surface area contributed by atoms with Crippen LogP contribution >= 0.6 is 0 Å². The molecule has 0 aliphatic carbocycles. The van der Waals surface area contributed by atoms with Gasteiger partial charge in [0.15, 0.2) is 5.75 Å². The van der Waals surface area contributed by atoms with Crippen LogP contribution in [0.15, 0.2) is 48.5 Å². The van der Waals surface area contributed by atoms with Crippen molar-refractivity contribution >= 4 is 23.8 Å². The summed E-state index contributed by atoms with van der Waals surface area (Å²) in [4.78, 5) is 28.7. The highest BCUT2D eigenvalue weighted by Crippen LogP contribution is 2.33. The van der Waals surface area contributed by atoms with E-state index in [4.69, 9.17) is 14.2 Å². The van der Waals surface area contributed by atoms with E-state index in [-0.39, 0.29) is 18.0 Å². The fourth-order valence-electron chi connectivity index (χ4n) is 4.29. The van der Waals surface area contributed by atoms with Gasteiger partial charge in [0, 0.05) is 32.3 Å². The highest BCUT2D eigenvalue weighted by Gasteiger charge is 2.32. The Kier molecular flexibility index (Phi) is 10.0. The van der Waals surface area contributed by atoms with E-state index < -0.39 is 5.60 Å². The van der Waals surface area contributed by atoms with Crippen molar-refractivity contribution in [2.45, 2.75) is 59.1 Å². The first-order valence-corrected chi connectivity index (χ1v) is 13.3. The molecule has 2 aromatic carbocycles. The summed E-state index contributed by atoms with van der Waals surface area (Å²) in [5.41, 5.74) is 1.10. The molecule has 2 aromatic rings. The average Bonchev–Trinajstić information content (AvgIpc) is 3.36. The zero-order valence-corrected chi connectivity index (χ0v) is 23.5. The van der Waals surface area contributed by atoms with Crippen LogP contribution in [-0.2, 0) is 9.53 Å². The molecule has 0 saturated carbocycles. The second-order valence-electron chi connectivity index (χ2n) is 10.2. The number of nitrogens with one attached hydrogen (secondary N) is 1. The molecule has 2 amide bonds. The number of amides is 2. The number of hydrogen-bond donors (Lipinski definition) is 1. The molecule has 8 nitrogen and oxygen atoms in total. The second-order valence-corrected chi connectivity index (χ2v) is 10.2. The smallest absolute Gasteiger partial charge is 0.410 e. The average molecular weight is 524 g/mol. The van der Waals surface area contributed by atoms with E-state index in [1.165, 1.54) is 0 Å². The van der Waals surface area contributed by atoms with Crippen LogP contribution in [-0.4, -0.2) is 66.7 Å². The first kappa shape index (κ1) is 28.9. The van der Waals surface area contributed by atoms with E-state index in [1.54, 1.807) is 29.1 Å². The summed E-state index contributed by atoms with van der Waals surface area (Å²) in [6.45, 7) is 12.1. The minimum Gasteiger partial charge on any atom is -0.497 e. The molecule has 1 heterocycles. The Morgan fingerprint density at radius 3 is 2.39 bits per heavy atom.